The Kier molecular flexibility index (Phi) is 5.13. The first kappa shape index (κ1) is 15.3. The van der Waals surface area contributed by atoms with Crippen LogP contribution in [-0.4, -0.2) is 0 Å². The van der Waals surface area contributed by atoms with Gasteiger partial charge in [-0.3, -0.25) is 0 Å². The van der Waals surface area contributed by atoms with Crippen molar-refractivity contribution in [3.63, 3.8) is 0 Å². The van der Waals surface area contributed by atoms with Gasteiger partial charge in [0.15, 0.2) is 0 Å². The second-order valence-corrected chi connectivity index (χ2v) is 5.56. The second kappa shape index (κ2) is 7.05. The van der Waals surface area contributed by atoms with Crippen LogP contribution < -0.4 is 5.32 Å². The summed E-state index contributed by atoms with van der Waals surface area (Å²) in [5, 5.41) is 3.47. The van der Waals surface area contributed by atoms with E-state index in [0.29, 0.717) is 0 Å². The van der Waals surface area contributed by atoms with E-state index in [1.54, 1.807) is 0 Å². The van der Waals surface area contributed by atoms with Crippen molar-refractivity contribution in [2.45, 2.75) is 26.9 Å². The van der Waals surface area contributed by atoms with E-state index in [4.69, 9.17) is 0 Å². The van der Waals surface area contributed by atoms with Crippen molar-refractivity contribution in [3.05, 3.63) is 83.9 Å². The standard InChI is InChI=1S/C20H23N/c1-15(2)19-9-5-17(6-10-19)13-21-14-18-7-11-20(12-8-18)16(3)4/h5-12,21H,1,3,13-14H2,2,4H3. The van der Waals surface area contributed by atoms with E-state index in [9.17, 15) is 0 Å². The second-order valence-electron chi connectivity index (χ2n) is 5.56. The van der Waals surface area contributed by atoms with Crippen molar-refractivity contribution in [1.82, 2.24) is 5.32 Å². The summed E-state index contributed by atoms with van der Waals surface area (Å²) in [5.74, 6) is 0. The molecule has 1 N–H and O–H groups in total. The van der Waals surface area contributed by atoms with E-state index in [-0.39, 0.29) is 0 Å². The van der Waals surface area contributed by atoms with Crippen molar-refractivity contribution >= 4 is 11.1 Å². The first-order chi connectivity index (χ1) is 10.1. The van der Waals surface area contributed by atoms with Crippen molar-refractivity contribution in [1.29, 1.82) is 0 Å². The monoisotopic (exact) mass is 277 g/mol. The molecule has 0 fully saturated rings. The molecule has 1 nitrogen and oxygen atoms in total. The quantitative estimate of drug-likeness (QED) is 0.779. The van der Waals surface area contributed by atoms with Gasteiger partial charge in [0.25, 0.3) is 0 Å². The highest BCUT2D eigenvalue weighted by Gasteiger charge is 1.97. The summed E-state index contributed by atoms with van der Waals surface area (Å²) >= 11 is 0. The van der Waals surface area contributed by atoms with Crippen molar-refractivity contribution < 1.29 is 0 Å². The molecule has 0 aromatic heterocycles. The Labute approximate surface area is 128 Å². The zero-order valence-corrected chi connectivity index (χ0v) is 12.9. The minimum Gasteiger partial charge on any atom is -0.309 e. The van der Waals surface area contributed by atoms with Gasteiger partial charge in [0.1, 0.15) is 0 Å². The number of rotatable bonds is 6. The number of benzene rings is 2. The Morgan fingerprint density at radius 1 is 0.714 bits per heavy atom. The normalized spacial score (nSPS) is 10.4. The van der Waals surface area contributed by atoms with Crippen LogP contribution in [-0.2, 0) is 13.1 Å². The molecule has 2 aromatic rings. The zero-order valence-electron chi connectivity index (χ0n) is 12.9. The fourth-order valence-electron chi connectivity index (χ4n) is 2.17. The first-order valence-electron chi connectivity index (χ1n) is 7.26. The number of allylic oxidation sites excluding steroid dienone is 2. The van der Waals surface area contributed by atoms with Crippen LogP contribution in [0.3, 0.4) is 0 Å². The van der Waals surface area contributed by atoms with Gasteiger partial charge in [0.2, 0.25) is 0 Å². The molecule has 0 heterocycles. The van der Waals surface area contributed by atoms with Crippen molar-refractivity contribution in [2.24, 2.45) is 0 Å². The molecule has 0 spiro atoms. The van der Waals surface area contributed by atoms with Crippen LogP contribution >= 0.6 is 0 Å². The molecule has 1 heteroatoms. The molecule has 0 saturated heterocycles. The highest BCUT2D eigenvalue weighted by molar-refractivity contribution is 5.61. The van der Waals surface area contributed by atoms with Gasteiger partial charge < -0.3 is 5.32 Å². The maximum absolute atomic E-state index is 3.95. The summed E-state index contributed by atoms with van der Waals surface area (Å²) in [5.41, 5.74) is 7.19. The van der Waals surface area contributed by atoms with Crippen LogP contribution in [0.1, 0.15) is 36.1 Å². The van der Waals surface area contributed by atoms with E-state index in [0.717, 1.165) is 24.2 Å². The van der Waals surface area contributed by atoms with Crippen molar-refractivity contribution in [2.75, 3.05) is 0 Å². The van der Waals surface area contributed by atoms with Crippen LogP contribution in [0.15, 0.2) is 61.7 Å². The SMILES string of the molecule is C=C(C)c1ccc(CNCc2ccc(C(=C)C)cc2)cc1. The summed E-state index contributed by atoms with van der Waals surface area (Å²) in [4.78, 5) is 0. The molecule has 0 aliphatic carbocycles. The van der Waals surface area contributed by atoms with Crippen LogP contribution in [0.5, 0.6) is 0 Å². The first-order valence-corrected chi connectivity index (χ1v) is 7.26. The topological polar surface area (TPSA) is 12.0 Å². The largest absolute Gasteiger partial charge is 0.309 e. The van der Waals surface area contributed by atoms with Gasteiger partial charge in [0.05, 0.1) is 0 Å². The summed E-state index contributed by atoms with van der Waals surface area (Å²) < 4.78 is 0. The fraction of sp³-hybridized carbons (Fsp3) is 0.200. The predicted molar refractivity (Wildman–Crippen MR) is 92.8 cm³/mol. The number of hydrogen-bond acceptors (Lipinski definition) is 1. The van der Waals surface area contributed by atoms with Gasteiger partial charge in [-0.2, -0.15) is 0 Å². The summed E-state index contributed by atoms with van der Waals surface area (Å²) in [6.07, 6.45) is 0. The lowest BCUT2D eigenvalue weighted by Gasteiger charge is -2.07. The predicted octanol–water partition coefficient (Wildman–Crippen LogP) is 5.04. The molecule has 2 rings (SSSR count). The Bertz CT molecular complexity index is 560. The van der Waals surface area contributed by atoms with E-state index < -0.39 is 0 Å². The van der Waals surface area contributed by atoms with Gasteiger partial charge >= 0.3 is 0 Å². The molecular weight excluding hydrogens is 254 g/mol. The van der Waals surface area contributed by atoms with E-state index in [1.165, 1.54) is 22.3 Å². The molecule has 0 aliphatic rings. The Hall–Kier alpha value is -2.12. The Morgan fingerprint density at radius 2 is 1.05 bits per heavy atom. The number of nitrogens with one attached hydrogen (secondary N) is 1. The minimum absolute atomic E-state index is 0.874. The number of hydrogen-bond donors (Lipinski definition) is 1. The molecular formula is C20H23N. The molecule has 21 heavy (non-hydrogen) atoms. The van der Waals surface area contributed by atoms with Gasteiger partial charge in [-0.05, 0) is 36.1 Å². The molecule has 0 amide bonds. The molecule has 0 radical (unpaired) electrons. The fourth-order valence-corrected chi connectivity index (χ4v) is 2.17. The van der Waals surface area contributed by atoms with Crippen molar-refractivity contribution in [3.8, 4) is 0 Å². The third kappa shape index (κ3) is 4.44. The smallest absolute Gasteiger partial charge is 0.0208 e. The van der Waals surface area contributed by atoms with Crippen LogP contribution in [0.2, 0.25) is 0 Å². The highest BCUT2D eigenvalue weighted by atomic mass is 14.8. The molecule has 0 unspecified atom stereocenters. The van der Waals surface area contributed by atoms with Gasteiger partial charge in [0, 0.05) is 13.1 Å². The third-order valence-corrected chi connectivity index (χ3v) is 3.55. The molecule has 2 aromatic carbocycles. The maximum atomic E-state index is 3.95. The molecule has 0 saturated carbocycles. The Morgan fingerprint density at radius 3 is 1.33 bits per heavy atom. The molecule has 0 aliphatic heterocycles. The van der Waals surface area contributed by atoms with Crippen LogP contribution in [0.4, 0.5) is 0 Å². The molecule has 0 atom stereocenters. The van der Waals surface area contributed by atoms with E-state index in [1.807, 2.05) is 13.8 Å². The summed E-state index contributed by atoms with van der Waals surface area (Å²) in [7, 11) is 0. The zero-order chi connectivity index (χ0) is 15.2. The maximum Gasteiger partial charge on any atom is 0.0208 e. The highest BCUT2D eigenvalue weighted by Crippen LogP contribution is 2.13. The lowest BCUT2D eigenvalue weighted by atomic mass is 10.1. The van der Waals surface area contributed by atoms with Crippen LogP contribution in [0, 0.1) is 0 Å². The lowest BCUT2D eigenvalue weighted by molar-refractivity contribution is 0.693. The lowest BCUT2D eigenvalue weighted by Crippen LogP contribution is -2.12. The van der Waals surface area contributed by atoms with Gasteiger partial charge in [-0.15, -0.1) is 0 Å². The summed E-state index contributed by atoms with van der Waals surface area (Å²) in [6.45, 7) is 13.7. The van der Waals surface area contributed by atoms with Crippen LogP contribution in [0.25, 0.3) is 11.1 Å². The van der Waals surface area contributed by atoms with Gasteiger partial charge in [-0.25, -0.2) is 0 Å². The average molecular weight is 277 g/mol. The third-order valence-electron chi connectivity index (χ3n) is 3.55. The minimum atomic E-state index is 0.874. The Balaban J connectivity index is 1.86. The van der Waals surface area contributed by atoms with Gasteiger partial charge in [-0.1, -0.05) is 72.8 Å². The molecule has 108 valence electrons. The summed E-state index contributed by atoms with van der Waals surface area (Å²) in [6, 6.07) is 17.1. The average Bonchev–Trinajstić information content (AvgIpc) is 2.48. The van der Waals surface area contributed by atoms with E-state index in [2.05, 4.69) is 67.0 Å². The van der Waals surface area contributed by atoms with E-state index >= 15 is 0 Å². The molecule has 0 bridgehead atoms.